The number of aryl methyl sites for hydroxylation is 1. The van der Waals surface area contributed by atoms with Crippen LogP contribution in [0.4, 0.5) is 8.78 Å². The molecule has 0 radical (unpaired) electrons. The number of hydrogen-bond donors (Lipinski definition) is 0. The van der Waals surface area contributed by atoms with Crippen molar-refractivity contribution in [3.63, 3.8) is 0 Å². The van der Waals surface area contributed by atoms with Crippen molar-refractivity contribution < 1.29 is 30.9 Å². The molecular formula is C31H25F2N3O6S2. The van der Waals surface area contributed by atoms with E-state index in [4.69, 9.17) is 8.92 Å². The number of ether oxygens (including phenoxy) is 1. The van der Waals surface area contributed by atoms with Crippen LogP contribution in [0, 0.1) is 18.6 Å². The normalized spacial score (nSPS) is 19.4. The molecule has 3 aliphatic heterocycles. The van der Waals surface area contributed by atoms with Gasteiger partial charge in [0.1, 0.15) is 11.1 Å². The number of nitrogens with zero attached hydrogens (tertiary/aromatic N) is 3. The molecule has 9 nitrogen and oxygen atoms in total. The molecule has 7 rings (SSSR count). The molecule has 1 amide bonds. The molecule has 3 aromatic carbocycles. The van der Waals surface area contributed by atoms with Gasteiger partial charge in [0.25, 0.3) is 5.91 Å². The molecule has 2 atom stereocenters. The van der Waals surface area contributed by atoms with Gasteiger partial charge in [0.15, 0.2) is 17.3 Å². The maximum Gasteiger partial charge on any atom is 0.339 e. The molecule has 0 unspecified atom stereocenters. The van der Waals surface area contributed by atoms with Gasteiger partial charge in [-0.15, -0.1) is 11.8 Å². The lowest BCUT2D eigenvalue weighted by Crippen LogP contribution is -2.66. The van der Waals surface area contributed by atoms with Gasteiger partial charge in [0, 0.05) is 35.0 Å². The number of morpholine rings is 1. The van der Waals surface area contributed by atoms with Crippen LogP contribution >= 0.6 is 11.8 Å². The zero-order chi connectivity index (χ0) is 30.7. The fourth-order valence-electron chi connectivity index (χ4n) is 5.91. The topological polar surface area (TPSA) is 98.2 Å². The first kappa shape index (κ1) is 28.6. The van der Waals surface area contributed by atoms with E-state index in [2.05, 4.69) is 0 Å². The number of thioether (sulfide) groups is 1. The van der Waals surface area contributed by atoms with Crippen LogP contribution in [0.1, 0.15) is 38.8 Å². The Morgan fingerprint density at radius 1 is 0.977 bits per heavy atom. The highest BCUT2D eigenvalue weighted by Gasteiger charge is 2.47. The molecule has 0 spiro atoms. The summed E-state index contributed by atoms with van der Waals surface area (Å²) >= 11 is 1.36. The number of amides is 1. The molecule has 0 N–H and O–H groups in total. The number of carbonyl (C=O) groups excluding carboxylic acids is 1. The van der Waals surface area contributed by atoms with Crippen LogP contribution in [-0.4, -0.2) is 49.8 Å². The lowest BCUT2D eigenvalue weighted by atomic mass is 9.93. The third kappa shape index (κ3) is 4.57. The molecule has 44 heavy (non-hydrogen) atoms. The molecule has 1 saturated heterocycles. The van der Waals surface area contributed by atoms with Crippen molar-refractivity contribution in [2.24, 2.45) is 0 Å². The van der Waals surface area contributed by atoms with Crippen LogP contribution in [0.5, 0.6) is 5.75 Å². The van der Waals surface area contributed by atoms with Gasteiger partial charge >= 0.3 is 10.1 Å². The van der Waals surface area contributed by atoms with Gasteiger partial charge in [-0.3, -0.25) is 19.3 Å². The fraction of sp³-hybridized carbons (Fsp3) is 0.226. The number of aromatic nitrogens is 1. The SMILES string of the molecule is Cc1ccc(S(=O)(=O)Oc2c3n(ccc2=O)N([C@@H]2c4ccccc4SCc4c2ccc(F)c4F)[C@@H]2COCCN2C3=O)cc1. The molecule has 4 aromatic rings. The van der Waals surface area contributed by atoms with Crippen LogP contribution in [0.3, 0.4) is 0 Å². The molecule has 1 fully saturated rings. The Labute approximate surface area is 255 Å². The van der Waals surface area contributed by atoms with Crippen LogP contribution in [0.25, 0.3) is 0 Å². The van der Waals surface area contributed by atoms with Gasteiger partial charge in [-0.2, -0.15) is 8.42 Å². The predicted molar refractivity (Wildman–Crippen MR) is 158 cm³/mol. The third-order valence-electron chi connectivity index (χ3n) is 8.04. The maximum atomic E-state index is 15.4. The summed E-state index contributed by atoms with van der Waals surface area (Å²) in [7, 11) is -4.52. The first-order chi connectivity index (χ1) is 21.2. The Morgan fingerprint density at radius 3 is 2.55 bits per heavy atom. The van der Waals surface area contributed by atoms with E-state index in [9.17, 15) is 22.4 Å². The van der Waals surface area contributed by atoms with Crippen molar-refractivity contribution in [2.45, 2.75) is 34.7 Å². The monoisotopic (exact) mass is 637 g/mol. The van der Waals surface area contributed by atoms with E-state index in [0.717, 1.165) is 28.2 Å². The fourth-order valence-corrected chi connectivity index (χ4v) is 7.97. The summed E-state index contributed by atoms with van der Waals surface area (Å²) in [6.07, 6.45) is 0.627. The van der Waals surface area contributed by atoms with Crippen LogP contribution in [0.15, 0.2) is 87.5 Å². The quantitative estimate of drug-likeness (QED) is 0.305. The summed E-state index contributed by atoms with van der Waals surface area (Å²) in [4.78, 5) is 29.5. The van der Waals surface area contributed by atoms with Gasteiger partial charge in [0.2, 0.25) is 11.2 Å². The molecule has 0 aliphatic carbocycles. The Morgan fingerprint density at radius 2 is 1.75 bits per heavy atom. The van der Waals surface area contributed by atoms with E-state index in [0.29, 0.717) is 5.56 Å². The van der Waals surface area contributed by atoms with Gasteiger partial charge in [-0.25, -0.2) is 8.78 Å². The van der Waals surface area contributed by atoms with Crippen LogP contribution in [-0.2, 0) is 20.6 Å². The van der Waals surface area contributed by atoms with E-state index >= 15 is 4.39 Å². The lowest BCUT2D eigenvalue weighted by Gasteiger charge is -2.51. The van der Waals surface area contributed by atoms with Crippen molar-refractivity contribution in [2.75, 3.05) is 24.8 Å². The number of pyridine rings is 1. The third-order valence-corrected chi connectivity index (χ3v) is 10.4. The summed E-state index contributed by atoms with van der Waals surface area (Å²) in [5.74, 6) is -3.07. The Balaban J connectivity index is 1.47. The first-order valence-corrected chi connectivity index (χ1v) is 16.2. The molecule has 1 aromatic heterocycles. The minimum absolute atomic E-state index is 0.0694. The smallest absolute Gasteiger partial charge is 0.339 e. The minimum atomic E-state index is -4.52. The summed E-state index contributed by atoms with van der Waals surface area (Å²) in [5.41, 5.74) is 1.09. The average Bonchev–Trinajstić information content (AvgIpc) is 3.18. The minimum Gasteiger partial charge on any atom is -0.375 e. The summed E-state index contributed by atoms with van der Waals surface area (Å²) in [6, 6.07) is 16.2. The van der Waals surface area contributed by atoms with Crippen molar-refractivity contribution in [3.8, 4) is 5.75 Å². The average molecular weight is 638 g/mol. The van der Waals surface area contributed by atoms with E-state index in [1.54, 1.807) is 24.1 Å². The van der Waals surface area contributed by atoms with Gasteiger partial charge in [-0.05, 0) is 42.3 Å². The molecule has 3 aliphatic rings. The molecule has 4 heterocycles. The van der Waals surface area contributed by atoms with Crippen LogP contribution < -0.4 is 14.6 Å². The van der Waals surface area contributed by atoms with Crippen molar-refractivity contribution in [3.05, 3.63) is 123 Å². The second-order valence-corrected chi connectivity index (χ2v) is 13.2. The van der Waals surface area contributed by atoms with E-state index < -0.39 is 51.0 Å². The van der Waals surface area contributed by atoms with Crippen molar-refractivity contribution in [1.82, 2.24) is 9.58 Å². The van der Waals surface area contributed by atoms with Gasteiger partial charge in [-0.1, -0.05) is 42.0 Å². The Hall–Kier alpha value is -4.20. The Kier molecular flexibility index (Phi) is 6.98. The summed E-state index contributed by atoms with van der Waals surface area (Å²) < 4.78 is 69.3. The number of halogens is 2. The lowest BCUT2D eigenvalue weighted by molar-refractivity contribution is -0.0196. The molecule has 0 saturated carbocycles. The second-order valence-electron chi connectivity index (χ2n) is 10.6. The number of carbonyl (C=O) groups is 1. The zero-order valence-electron chi connectivity index (χ0n) is 23.3. The highest BCUT2D eigenvalue weighted by molar-refractivity contribution is 7.98. The second kappa shape index (κ2) is 10.8. The standard InChI is InChI=1S/C31H25F2N3O6S2/c1-18-6-8-19(9-7-18)44(39,40)42-30-24(37)12-13-35-29(30)31(38)34-14-15-41-16-26(34)36(35)28-20-10-11-23(32)27(33)22(20)17-43-25-5-3-2-4-21(25)28/h2-13,26,28H,14-17H2,1H3/t26-,28+/m1/s1. The number of fused-ring (bicyclic) bond motifs is 4. The Bertz CT molecular complexity index is 1980. The van der Waals surface area contributed by atoms with Gasteiger partial charge < -0.3 is 13.8 Å². The molecule has 13 heteroatoms. The number of hydrogen-bond acceptors (Lipinski definition) is 8. The van der Waals surface area contributed by atoms with Crippen molar-refractivity contribution >= 4 is 27.8 Å². The highest BCUT2D eigenvalue weighted by atomic mass is 32.2. The van der Waals surface area contributed by atoms with E-state index in [-0.39, 0.29) is 41.7 Å². The van der Waals surface area contributed by atoms with Gasteiger partial charge in [0.05, 0.1) is 19.3 Å². The number of rotatable bonds is 4. The maximum absolute atomic E-state index is 15.4. The molecule has 226 valence electrons. The first-order valence-electron chi connectivity index (χ1n) is 13.8. The summed E-state index contributed by atoms with van der Waals surface area (Å²) in [5, 5.41) is 1.75. The van der Waals surface area contributed by atoms with Crippen LogP contribution in [0.2, 0.25) is 0 Å². The molecular weight excluding hydrogens is 612 g/mol. The zero-order valence-corrected chi connectivity index (χ0v) is 24.9. The largest absolute Gasteiger partial charge is 0.375 e. The highest BCUT2D eigenvalue weighted by Crippen LogP contribution is 2.45. The van der Waals surface area contributed by atoms with Crippen molar-refractivity contribution in [1.29, 1.82) is 0 Å². The van der Waals surface area contributed by atoms with E-state index in [1.807, 2.05) is 24.3 Å². The summed E-state index contributed by atoms with van der Waals surface area (Å²) in [6.45, 7) is 2.21. The molecule has 0 bridgehead atoms. The van der Waals surface area contributed by atoms with E-state index in [1.165, 1.54) is 45.7 Å². The number of benzene rings is 3. The predicted octanol–water partition coefficient (Wildman–Crippen LogP) is 4.35.